The Bertz CT molecular complexity index is 651. The molecule has 0 aliphatic carbocycles. The van der Waals surface area contributed by atoms with Crippen LogP contribution in [0.5, 0.6) is 0 Å². The van der Waals surface area contributed by atoms with Gasteiger partial charge in [0.2, 0.25) is 11.8 Å². The van der Waals surface area contributed by atoms with E-state index in [1.165, 1.54) is 11.1 Å². The summed E-state index contributed by atoms with van der Waals surface area (Å²) in [5.41, 5.74) is 2.57. The topological polar surface area (TPSA) is 51.4 Å². The lowest BCUT2D eigenvalue weighted by Gasteiger charge is -2.31. The first-order chi connectivity index (χ1) is 11.2. The SMILES string of the molecule is CCc1nnc(C2CN(C/C(C)=C/c3ccccc3)CCO2)o1. The molecular weight excluding hydrogens is 290 g/mol. The normalized spacial score (nSPS) is 19.9. The van der Waals surface area contributed by atoms with Crippen molar-refractivity contribution in [2.24, 2.45) is 0 Å². The van der Waals surface area contributed by atoms with Crippen LogP contribution >= 0.6 is 0 Å². The summed E-state index contributed by atoms with van der Waals surface area (Å²) in [4.78, 5) is 2.37. The average Bonchev–Trinajstić information content (AvgIpc) is 3.05. The molecule has 0 saturated carbocycles. The van der Waals surface area contributed by atoms with Gasteiger partial charge in [-0.15, -0.1) is 10.2 Å². The van der Waals surface area contributed by atoms with Crippen molar-refractivity contribution in [2.75, 3.05) is 26.2 Å². The lowest BCUT2D eigenvalue weighted by molar-refractivity contribution is -0.0401. The second-order valence-corrected chi connectivity index (χ2v) is 5.88. The third-order valence-electron chi connectivity index (χ3n) is 3.90. The van der Waals surface area contributed by atoms with Gasteiger partial charge in [-0.1, -0.05) is 48.9 Å². The maximum absolute atomic E-state index is 5.79. The van der Waals surface area contributed by atoms with Crippen molar-refractivity contribution in [1.82, 2.24) is 15.1 Å². The molecule has 1 fully saturated rings. The van der Waals surface area contributed by atoms with E-state index in [0.717, 1.165) is 26.1 Å². The number of aromatic nitrogens is 2. The Morgan fingerprint density at radius 2 is 2.13 bits per heavy atom. The Morgan fingerprint density at radius 1 is 1.30 bits per heavy atom. The van der Waals surface area contributed by atoms with Crippen molar-refractivity contribution in [3.8, 4) is 0 Å². The van der Waals surface area contributed by atoms with Crippen molar-refractivity contribution in [1.29, 1.82) is 0 Å². The summed E-state index contributed by atoms with van der Waals surface area (Å²) < 4.78 is 11.4. The van der Waals surface area contributed by atoms with Crippen LogP contribution in [0.3, 0.4) is 0 Å². The maximum atomic E-state index is 5.79. The maximum Gasteiger partial charge on any atom is 0.246 e. The minimum absolute atomic E-state index is 0.124. The van der Waals surface area contributed by atoms with Gasteiger partial charge in [0.1, 0.15) is 6.10 Å². The molecule has 1 aliphatic heterocycles. The van der Waals surface area contributed by atoms with E-state index in [4.69, 9.17) is 9.15 Å². The van der Waals surface area contributed by atoms with Crippen LogP contribution in [-0.2, 0) is 11.2 Å². The molecule has 0 N–H and O–H groups in total. The van der Waals surface area contributed by atoms with Gasteiger partial charge in [-0.25, -0.2) is 0 Å². The zero-order chi connectivity index (χ0) is 16.1. The molecule has 1 aliphatic rings. The van der Waals surface area contributed by atoms with Crippen molar-refractivity contribution in [3.63, 3.8) is 0 Å². The number of benzene rings is 1. The van der Waals surface area contributed by atoms with Crippen LogP contribution in [0.4, 0.5) is 0 Å². The largest absolute Gasteiger partial charge is 0.422 e. The number of hydrogen-bond acceptors (Lipinski definition) is 5. The summed E-state index contributed by atoms with van der Waals surface area (Å²) in [6.07, 6.45) is 2.86. The van der Waals surface area contributed by atoms with Crippen molar-refractivity contribution < 1.29 is 9.15 Å². The van der Waals surface area contributed by atoms with Crippen LogP contribution in [-0.4, -0.2) is 41.3 Å². The highest BCUT2D eigenvalue weighted by atomic mass is 16.5. The Morgan fingerprint density at radius 3 is 2.87 bits per heavy atom. The fourth-order valence-corrected chi connectivity index (χ4v) is 2.77. The van der Waals surface area contributed by atoms with Crippen LogP contribution in [0.15, 0.2) is 40.3 Å². The van der Waals surface area contributed by atoms with E-state index in [1.807, 2.05) is 13.0 Å². The summed E-state index contributed by atoms with van der Waals surface area (Å²) in [7, 11) is 0. The number of rotatable bonds is 5. The summed E-state index contributed by atoms with van der Waals surface area (Å²) in [5.74, 6) is 1.26. The van der Waals surface area contributed by atoms with Gasteiger partial charge < -0.3 is 9.15 Å². The first-order valence-corrected chi connectivity index (χ1v) is 8.13. The lowest BCUT2D eigenvalue weighted by atomic mass is 10.1. The van der Waals surface area contributed by atoms with Gasteiger partial charge in [-0.3, -0.25) is 4.90 Å². The van der Waals surface area contributed by atoms with Gasteiger partial charge in [-0.05, 0) is 12.5 Å². The molecule has 3 rings (SSSR count). The Hall–Kier alpha value is -1.98. The molecule has 1 aromatic heterocycles. The zero-order valence-corrected chi connectivity index (χ0v) is 13.7. The third kappa shape index (κ3) is 4.27. The van der Waals surface area contributed by atoms with Crippen LogP contribution in [0.25, 0.3) is 6.08 Å². The van der Waals surface area contributed by atoms with Gasteiger partial charge in [0, 0.05) is 26.1 Å². The summed E-state index contributed by atoms with van der Waals surface area (Å²) >= 11 is 0. The first kappa shape index (κ1) is 15.9. The van der Waals surface area contributed by atoms with E-state index in [2.05, 4.69) is 52.4 Å². The standard InChI is InChI=1S/C18H23N3O2/c1-3-17-19-20-18(23-17)16-13-21(9-10-22-16)12-14(2)11-15-7-5-4-6-8-15/h4-8,11,16H,3,9-10,12-13H2,1-2H3/b14-11+. The number of nitrogens with zero attached hydrogens (tertiary/aromatic N) is 3. The number of aryl methyl sites for hydroxylation is 1. The Balaban J connectivity index is 1.61. The molecule has 2 heterocycles. The molecule has 122 valence electrons. The number of hydrogen-bond donors (Lipinski definition) is 0. The van der Waals surface area contributed by atoms with Gasteiger partial charge in [0.25, 0.3) is 0 Å². The summed E-state index contributed by atoms with van der Waals surface area (Å²) in [6, 6.07) is 10.4. The molecule has 1 atom stereocenters. The molecule has 5 heteroatoms. The molecule has 1 saturated heterocycles. The molecule has 1 unspecified atom stereocenters. The first-order valence-electron chi connectivity index (χ1n) is 8.13. The van der Waals surface area contributed by atoms with Gasteiger partial charge in [-0.2, -0.15) is 0 Å². The van der Waals surface area contributed by atoms with E-state index in [-0.39, 0.29) is 6.10 Å². The fourth-order valence-electron chi connectivity index (χ4n) is 2.77. The van der Waals surface area contributed by atoms with E-state index >= 15 is 0 Å². The van der Waals surface area contributed by atoms with Crippen molar-refractivity contribution in [2.45, 2.75) is 26.4 Å². The highest BCUT2D eigenvalue weighted by Gasteiger charge is 2.26. The smallest absolute Gasteiger partial charge is 0.246 e. The monoisotopic (exact) mass is 313 g/mol. The molecule has 5 nitrogen and oxygen atoms in total. The molecule has 0 radical (unpaired) electrons. The molecule has 0 bridgehead atoms. The predicted molar refractivity (Wildman–Crippen MR) is 88.9 cm³/mol. The van der Waals surface area contributed by atoms with E-state index in [9.17, 15) is 0 Å². The highest BCUT2D eigenvalue weighted by Crippen LogP contribution is 2.22. The molecule has 1 aromatic carbocycles. The zero-order valence-electron chi connectivity index (χ0n) is 13.7. The lowest BCUT2D eigenvalue weighted by Crippen LogP contribution is -2.39. The Labute approximate surface area is 137 Å². The molecule has 2 aromatic rings. The van der Waals surface area contributed by atoms with E-state index in [1.54, 1.807) is 0 Å². The third-order valence-corrected chi connectivity index (χ3v) is 3.90. The second kappa shape index (κ2) is 7.53. The van der Waals surface area contributed by atoms with E-state index < -0.39 is 0 Å². The Kier molecular flexibility index (Phi) is 5.20. The molecular formula is C18H23N3O2. The van der Waals surface area contributed by atoms with Crippen LogP contribution in [0, 0.1) is 0 Å². The van der Waals surface area contributed by atoms with Crippen LogP contribution in [0.1, 0.15) is 37.3 Å². The summed E-state index contributed by atoms with van der Waals surface area (Å²) in [6.45, 7) is 7.48. The number of ether oxygens (including phenoxy) is 1. The van der Waals surface area contributed by atoms with Gasteiger partial charge in [0.05, 0.1) is 6.61 Å². The summed E-state index contributed by atoms with van der Waals surface area (Å²) in [5, 5.41) is 8.13. The fraction of sp³-hybridized carbons (Fsp3) is 0.444. The minimum atomic E-state index is -0.124. The molecule has 23 heavy (non-hydrogen) atoms. The predicted octanol–water partition coefficient (Wildman–Crippen LogP) is 3.11. The van der Waals surface area contributed by atoms with Crippen LogP contribution < -0.4 is 0 Å². The number of morpholine rings is 1. The van der Waals surface area contributed by atoms with Crippen molar-refractivity contribution >= 4 is 6.08 Å². The minimum Gasteiger partial charge on any atom is -0.422 e. The molecule has 0 amide bonds. The van der Waals surface area contributed by atoms with Crippen LogP contribution in [0.2, 0.25) is 0 Å². The average molecular weight is 313 g/mol. The quantitative estimate of drug-likeness (QED) is 0.849. The van der Waals surface area contributed by atoms with Gasteiger partial charge >= 0.3 is 0 Å². The van der Waals surface area contributed by atoms with Crippen molar-refractivity contribution in [3.05, 3.63) is 53.2 Å². The van der Waals surface area contributed by atoms with E-state index in [0.29, 0.717) is 18.4 Å². The highest BCUT2D eigenvalue weighted by molar-refractivity contribution is 5.52. The molecule has 0 spiro atoms. The second-order valence-electron chi connectivity index (χ2n) is 5.88. The van der Waals surface area contributed by atoms with Gasteiger partial charge in [0.15, 0.2) is 0 Å².